The molecule has 1 atom stereocenters. The Morgan fingerprint density at radius 2 is 2.24 bits per heavy atom. The smallest absolute Gasteiger partial charge is 0.276 e. The van der Waals surface area contributed by atoms with Gasteiger partial charge in [-0.15, -0.1) is 0 Å². The van der Waals surface area contributed by atoms with Gasteiger partial charge in [-0.05, 0) is 12.8 Å². The Kier molecular flexibility index (Phi) is 4.54. The van der Waals surface area contributed by atoms with Gasteiger partial charge in [0.05, 0.1) is 5.69 Å². The average molecular weight is 238 g/mol. The molecule has 0 aliphatic heterocycles. The van der Waals surface area contributed by atoms with Crippen molar-refractivity contribution < 1.29 is 4.79 Å². The van der Waals surface area contributed by atoms with Gasteiger partial charge in [-0.2, -0.15) is 5.10 Å². The number of carbonyl (C=O) groups excluding carboxylic acids is 1. The number of hydrogen-bond donors (Lipinski definition) is 1. The fourth-order valence-corrected chi connectivity index (χ4v) is 1.68. The summed E-state index contributed by atoms with van der Waals surface area (Å²) in [5.41, 5.74) is 6.57. The van der Waals surface area contributed by atoms with Crippen molar-refractivity contribution in [3.8, 4) is 0 Å². The fraction of sp³-hybridized carbons (Fsp3) is 0.667. The number of carbonyl (C=O) groups is 1. The van der Waals surface area contributed by atoms with E-state index in [9.17, 15) is 4.79 Å². The molecule has 0 aromatic carbocycles. The van der Waals surface area contributed by atoms with Crippen molar-refractivity contribution in [1.82, 2.24) is 14.7 Å². The Morgan fingerprint density at radius 3 is 2.65 bits per heavy atom. The molecule has 0 aliphatic rings. The highest BCUT2D eigenvalue weighted by Gasteiger charge is 2.21. The van der Waals surface area contributed by atoms with Crippen LogP contribution in [-0.4, -0.2) is 33.7 Å². The summed E-state index contributed by atoms with van der Waals surface area (Å²) in [6.07, 6.45) is 2.71. The van der Waals surface area contributed by atoms with Crippen LogP contribution in [0.25, 0.3) is 0 Å². The van der Waals surface area contributed by atoms with Gasteiger partial charge >= 0.3 is 0 Å². The molecule has 1 aromatic rings. The number of nitrogens with two attached hydrogens (primary N) is 1. The maximum Gasteiger partial charge on any atom is 0.276 e. The summed E-state index contributed by atoms with van der Waals surface area (Å²) in [7, 11) is 1.76. The molecule has 2 N–H and O–H groups in total. The first-order chi connectivity index (χ1) is 7.99. The molecule has 1 aromatic heterocycles. The zero-order chi connectivity index (χ0) is 13.0. The van der Waals surface area contributed by atoms with Crippen LogP contribution in [0.4, 0.5) is 5.69 Å². The average Bonchev–Trinajstić information content (AvgIpc) is 2.64. The minimum atomic E-state index is -0.0779. The molecule has 0 saturated carbocycles. The van der Waals surface area contributed by atoms with E-state index in [0.29, 0.717) is 23.8 Å². The van der Waals surface area contributed by atoms with E-state index in [-0.39, 0.29) is 5.91 Å². The van der Waals surface area contributed by atoms with Crippen LogP contribution in [0, 0.1) is 5.92 Å². The lowest BCUT2D eigenvalue weighted by atomic mass is 10.1. The van der Waals surface area contributed by atoms with Crippen molar-refractivity contribution in [1.29, 1.82) is 0 Å². The quantitative estimate of drug-likeness (QED) is 0.845. The fourth-order valence-electron chi connectivity index (χ4n) is 1.68. The van der Waals surface area contributed by atoms with Gasteiger partial charge in [0.2, 0.25) is 0 Å². The number of hydrogen-bond acceptors (Lipinski definition) is 3. The molecule has 1 amide bonds. The number of nitrogen functional groups attached to an aromatic ring is 1. The predicted octanol–water partition coefficient (Wildman–Crippen LogP) is 1.51. The summed E-state index contributed by atoms with van der Waals surface area (Å²) in [5.74, 6) is 0.412. The Labute approximate surface area is 103 Å². The van der Waals surface area contributed by atoms with Gasteiger partial charge in [-0.3, -0.25) is 9.48 Å². The maximum atomic E-state index is 12.2. The topological polar surface area (TPSA) is 64.2 Å². The summed E-state index contributed by atoms with van der Waals surface area (Å²) < 4.78 is 1.57. The molecule has 1 rings (SSSR count). The second kappa shape index (κ2) is 5.70. The third-order valence-electron chi connectivity index (χ3n) is 2.96. The monoisotopic (exact) mass is 238 g/mol. The molecule has 5 heteroatoms. The standard InChI is InChI=1S/C12H22N4O/c1-5-9(3)7-16(6-2)12(17)11-10(13)8-15(4)14-11/h8-9H,5-7,13H2,1-4H3. The molecule has 0 fully saturated rings. The molecule has 1 unspecified atom stereocenters. The minimum absolute atomic E-state index is 0.0779. The van der Waals surface area contributed by atoms with Crippen molar-refractivity contribution in [2.75, 3.05) is 18.8 Å². The molecular weight excluding hydrogens is 216 g/mol. The second-order valence-corrected chi connectivity index (χ2v) is 4.46. The first-order valence-electron chi connectivity index (χ1n) is 6.07. The van der Waals surface area contributed by atoms with Gasteiger partial charge in [-0.25, -0.2) is 0 Å². The number of amides is 1. The summed E-state index contributed by atoms with van der Waals surface area (Å²) in [5, 5.41) is 4.11. The van der Waals surface area contributed by atoms with Crippen LogP contribution in [0.3, 0.4) is 0 Å². The summed E-state index contributed by atoms with van der Waals surface area (Å²) in [6, 6.07) is 0. The molecule has 0 bridgehead atoms. The molecule has 0 spiro atoms. The van der Waals surface area contributed by atoms with E-state index in [4.69, 9.17) is 5.73 Å². The van der Waals surface area contributed by atoms with Gasteiger partial charge in [0.15, 0.2) is 5.69 Å². The van der Waals surface area contributed by atoms with Crippen LogP contribution in [0.1, 0.15) is 37.7 Å². The zero-order valence-corrected chi connectivity index (χ0v) is 11.1. The molecule has 1 heterocycles. The minimum Gasteiger partial charge on any atom is -0.396 e. The molecule has 0 saturated heterocycles. The van der Waals surface area contributed by atoms with E-state index in [2.05, 4.69) is 18.9 Å². The van der Waals surface area contributed by atoms with Crippen molar-refractivity contribution in [2.24, 2.45) is 13.0 Å². The Balaban J connectivity index is 2.82. The van der Waals surface area contributed by atoms with Gasteiger partial charge in [0.25, 0.3) is 5.91 Å². The highest BCUT2D eigenvalue weighted by Crippen LogP contribution is 2.13. The normalized spacial score (nSPS) is 12.5. The van der Waals surface area contributed by atoms with E-state index in [1.807, 2.05) is 6.92 Å². The van der Waals surface area contributed by atoms with E-state index < -0.39 is 0 Å². The largest absolute Gasteiger partial charge is 0.396 e. The van der Waals surface area contributed by atoms with Crippen molar-refractivity contribution >= 4 is 11.6 Å². The van der Waals surface area contributed by atoms with Crippen molar-refractivity contribution in [3.63, 3.8) is 0 Å². The molecule has 0 radical (unpaired) electrons. The highest BCUT2D eigenvalue weighted by molar-refractivity contribution is 5.97. The zero-order valence-electron chi connectivity index (χ0n) is 11.1. The predicted molar refractivity (Wildman–Crippen MR) is 68.7 cm³/mol. The highest BCUT2D eigenvalue weighted by atomic mass is 16.2. The molecule has 17 heavy (non-hydrogen) atoms. The van der Waals surface area contributed by atoms with E-state index >= 15 is 0 Å². The van der Waals surface area contributed by atoms with E-state index in [1.54, 1.807) is 22.8 Å². The van der Waals surface area contributed by atoms with Gasteiger partial charge in [0.1, 0.15) is 0 Å². The van der Waals surface area contributed by atoms with E-state index in [0.717, 1.165) is 13.0 Å². The van der Waals surface area contributed by atoms with Crippen molar-refractivity contribution in [3.05, 3.63) is 11.9 Å². The van der Waals surface area contributed by atoms with E-state index in [1.165, 1.54) is 0 Å². The van der Waals surface area contributed by atoms with Crippen LogP contribution in [0.5, 0.6) is 0 Å². The lowest BCUT2D eigenvalue weighted by Gasteiger charge is -2.23. The number of aryl methyl sites for hydroxylation is 1. The van der Waals surface area contributed by atoms with Crippen LogP contribution < -0.4 is 5.73 Å². The Bertz CT molecular complexity index is 386. The summed E-state index contributed by atoms with van der Waals surface area (Å²) in [6.45, 7) is 7.66. The SMILES string of the molecule is CCC(C)CN(CC)C(=O)c1nn(C)cc1N. The van der Waals surface area contributed by atoms with Crippen LogP contribution >= 0.6 is 0 Å². The Morgan fingerprint density at radius 1 is 1.59 bits per heavy atom. The number of rotatable bonds is 5. The lowest BCUT2D eigenvalue weighted by Crippen LogP contribution is -2.35. The first kappa shape index (κ1) is 13.5. The van der Waals surface area contributed by atoms with Crippen LogP contribution in [-0.2, 0) is 7.05 Å². The number of anilines is 1. The van der Waals surface area contributed by atoms with Gasteiger partial charge < -0.3 is 10.6 Å². The van der Waals surface area contributed by atoms with Crippen LogP contribution in [0.15, 0.2) is 6.20 Å². The molecule has 0 aliphatic carbocycles. The van der Waals surface area contributed by atoms with Gasteiger partial charge in [0, 0.05) is 26.3 Å². The summed E-state index contributed by atoms with van der Waals surface area (Å²) in [4.78, 5) is 14.0. The first-order valence-corrected chi connectivity index (χ1v) is 6.07. The summed E-state index contributed by atoms with van der Waals surface area (Å²) >= 11 is 0. The van der Waals surface area contributed by atoms with Gasteiger partial charge in [-0.1, -0.05) is 20.3 Å². The molecule has 96 valence electrons. The maximum absolute atomic E-state index is 12.2. The number of aromatic nitrogens is 2. The number of nitrogens with zero attached hydrogens (tertiary/aromatic N) is 3. The van der Waals surface area contributed by atoms with Crippen LogP contribution in [0.2, 0.25) is 0 Å². The molecule has 5 nitrogen and oxygen atoms in total. The van der Waals surface area contributed by atoms with Crippen molar-refractivity contribution in [2.45, 2.75) is 27.2 Å². The third-order valence-corrected chi connectivity index (χ3v) is 2.96. The molecular formula is C12H22N4O. The Hall–Kier alpha value is -1.52. The third kappa shape index (κ3) is 3.22. The lowest BCUT2D eigenvalue weighted by molar-refractivity contribution is 0.0735. The second-order valence-electron chi connectivity index (χ2n) is 4.46.